The Morgan fingerprint density at radius 3 is 2.45 bits per heavy atom. The van der Waals surface area contributed by atoms with E-state index in [-0.39, 0.29) is 5.91 Å². The predicted molar refractivity (Wildman–Crippen MR) is 109 cm³/mol. The lowest BCUT2D eigenvalue weighted by atomic mass is 9.82. The summed E-state index contributed by atoms with van der Waals surface area (Å²) >= 11 is 0. The van der Waals surface area contributed by atoms with Crippen LogP contribution in [0.3, 0.4) is 0 Å². The minimum atomic E-state index is -0.860. The number of imide groups is 1. The number of aryl methyl sites for hydroxylation is 2. The molecule has 1 saturated carbocycles. The minimum absolute atomic E-state index is 0.358. The molecule has 4 amide bonds. The lowest BCUT2D eigenvalue weighted by Gasteiger charge is -2.30. The van der Waals surface area contributed by atoms with E-state index in [2.05, 4.69) is 10.7 Å². The average Bonchev–Trinajstić information content (AvgIpc) is 3.11. The number of hydrazine groups is 1. The predicted octanol–water partition coefficient (Wildman–Crippen LogP) is 3.30. The molecule has 1 saturated heterocycles. The van der Waals surface area contributed by atoms with Gasteiger partial charge in [0.2, 0.25) is 0 Å². The van der Waals surface area contributed by atoms with Crippen molar-refractivity contribution in [3.05, 3.63) is 52.8 Å². The maximum atomic E-state index is 13.0. The van der Waals surface area contributed by atoms with Crippen LogP contribution in [0.4, 0.5) is 4.79 Å². The van der Waals surface area contributed by atoms with Crippen LogP contribution in [0.25, 0.3) is 5.69 Å². The summed E-state index contributed by atoms with van der Waals surface area (Å²) in [6.07, 6.45) is 4.08. The topological polar surface area (TPSA) is 83.4 Å². The molecule has 7 heteroatoms. The van der Waals surface area contributed by atoms with Crippen molar-refractivity contribution < 1.29 is 14.4 Å². The number of aromatic nitrogens is 1. The summed E-state index contributed by atoms with van der Waals surface area (Å²) in [5.74, 6) is -0.822. The first kappa shape index (κ1) is 19.2. The van der Waals surface area contributed by atoms with E-state index in [4.69, 9.17) is 0 Å². The van der Waals surface area contributed by atoms with Crippen LogP contribution in [0.5, 0.6) is 0 Å². The number of benzene rings is 1. The second-order valence-electron chi connectivity index (χ2n) is 8.06. The third-order valence-corrected chi connectivity index (χ3v) is 6.11. The van der Waals surface area contributed by atoms with Crippen LogP contribution in [-0.4, -0.2) is 33.0 Å². The molecule has 1 aliphatic carbocycles. The fraction of sp³-hybridized carbons (Fsp3) is 0.409. The summed E-state index contributed by atoms with van der Waals surface area (Å²) in [5.41, 5.74) is 5.87. The van der Waals surface area contributed by atoms with E-state index >= 15 is 0 Å². The molecule has 29 heavy (non-hydrogen) atoms. The molecular formula is C22H26N4O3. The molecule has 0 atom stereocenters. The van der Waals surface area contributed by atoms with Crippen molar-refractivity contribution in [2.75, 3.05) is 0 Å². The third kappa shape index (κ3) is 3.10. The molecule has 2 aliphatic rings. The van der Waals surface area contributed by atoms with E-state index in [9.17, 15) is 14.4 Å². The monoisotopic (exact) mass is 394 g/mol. The normalized spacial score (nSPS) is 18.2. The summed E-state index contributed by atoms with van der Waals surface area (Å²) in [6.45, 7) is 5.81. The van der Waals surface area contributed by atoms with Gasteiger partial charge in [0.05, 0.1) is 5.56 Å². The first-order chi connectivity index (χ1) is 13.8. The average molecular weight is 394 g/mol. The quantitative estimate of drug-likeness (QED) is 0.784. The maximum absolute atomic E-state index is 13.0. The van der Waals surface area contributed by atoms with Crippen LogP contribution >= 0.6 is 0 Å². The standard InChI is InChI=1S/C22H26N4O3/c1-14-9-5-6-10-18(14)25-15(2)13-17(16(25)3)19(27)24-26-20(28)22(23-21(26)29)11-7-4-8-12-22/h5-6,9-10,13H,4,7-8,11-12H2,1-3H3,(H,23,29)(H,24,27). The Hall–Kier alpha value is -3.09. The Balaban J connectivity index is 1.60. The van der Waals surface area contributed by atoms with Gasteiger partial charge in [-0.15, -0.1) is 0 Å². The van der Waals surface area contributed by atoms with Crippen molar-refractivity contribution in [2.45, 2.75) is 58.4 Å². The van der Waals surface area contributed by atoms with Gasteiger partial charge in [-0.25, -0.2) is 4.79 Å². The Labute approximate surface area is 170 Å². The SMILES string of the molecule is Cc1ccccc1-n1c(C)cc(C(=O)NN2C(=O)NC3(CCCCC3)C2=O)c1C. The van der Waals surface area contributed by atoms with Crippen molar-refractivity contribution in [3.63, 3.8) is 0 Å². The molecule has 2 N–H and O–H groups in total. The van der Waals surface area contributed by atoms with Gasteiger partial charge in [0, 0.05) is 17.1 Å². The zero-order chi connectivity index (χ0) is 20.8. The van der Waals surface area contributed by atoms with E-state index in [1.165, 1.54) is 0 Å². The van der Waals surface area contributed by atoms with Gasteiger partial charge in [-0.1, -0.05) is 37.5 Å². The van der Waals surface area contributed by atoms with Crippen LogP contribution in [0, 0.1) is 20.8 Å². The number of carbonyl (C=O) groups is 3. The molecule has 152 valence electrons. The summed E-state index contributed by atoms with van der Waals surface area (Å²) in [6, 6.07) is 9.17. The highest BCUT2D eigenvalue weighted by Crippen LogP contribution is 2.33. The highest BCUT2D eigenvalue weighted by atomic mass is 16.2. The molecule has 1 aliphatic heterocycles. The van der Waals surface area contributed by atoms with Crippen LogP contribution < -0.4 is 10.7 Å². The number of urea groups is 1. The molecule has 4 rings (SSSR count). The van der Waals surface area contributed by atoms with Crippen molar-refractivity contribution in [2.24, 2.45) is 0 Å². The maximum Gasteiger partial charge on any atom is 0.344 e. The smallest absolute Gasteiger partial charge is 0.322 e. The fourth-order valence-corrected chi connectivity index (χ4v) is 4.56. The minimum Gasteiger partial charge on any atom is -0.322 e. The zero-order valence-electron chi connectivity index (χ0n) is 17.0. The highest BCUT2D eigenvalue weighted by Gasteiger charge is 2.52. The van der Waals surface area contributed by atoms with E-state index in [0.29, 0.717) is 18.4 Å². The van der Waals surface area contributed by atoms with Crippen molar-refractivity contribution in [1.82, 2.24) is 20.3 Å². The Bertz CT molecular complexity index is 1000. The third-order valence-electron chi connectivity index (χ3n) is 6.11. The molecular weight excluding hydrogens is 368 g/mol. The molecule has 1 aromatic heterocycles. The Morgan fingerprint density at radius 2 is 1.76 bits per heavy atom. The summed E-state index contributed by atoms with van der Waals surface area (Å²) in [7, 11) is 0. The number of nitrogens with one attached hydrogen (secondary N) is 2. The molecule has 7 nitrogen and oxygen atoms in total. The number of nitrogens with zero attached hydrogens (tertiary/aromatic N) is 2. The fourth-order valence-electron chi connectivity index (χ4n) is 4.56. The van der Waals surface area contributed by atoms with Crippen molar-refractivity contribution >= 4 is 17.8 Å². The number of amides is 4. The van der Waals surface area contributed by atoms with Gasteiger partial charge in [0.15, 0.2) is 0 Å². The summed E-state index contributed by atoms with van der Waals surface area (Å²) in [5, 5.41) is 3.66. The van der Waals surface area contributed by atoms with Crippen LogP contribution in [0.15, 0.2) is 30.3 Å². The molecule has 0 radical (unpaired) electrons. The lowest BCUT2D eigenvalue weighted by molar-refractivity contribution is -0.134. The molecule has 2 aromatic rings. The number of hydrogen-bond acceptors (Lipinski definition) is 3. The lowest BCUT2D eigenvalue weighted by Crippen LogP contribution is -2.51. The second kappa shape index (κ2) is 7.06. The highest BCUT2D eigenvalue weighted by molar-refractivity contribution is 6.09. The van der Waals surface area contributed by atoms with Crippen molar-refractivity contribution in [1.29, 1.82) is 0 Å². The van der Waals surface area contributed by atoms with Gasteiger partial charge in [-0.05, 0) is 51.3 Å². The first-order valence-corrected chi connectivity index (χ1v) is 10.1. The number of rotatable bonds is 3. The first-order valence-electron chi connectivity index (χ1n) is 10.1. The van der Waals surface area contributed by atoms with E-state index < -0.39 is 17.5 Å². The molecule has 1 spiro atoms. The largest absolute Gasteiger partial charge is 0.344 e. The molecule has 2 fully saturated rings. The number of hydrogen-bond donors (Lipinski definition) is 2. The van der Waals surface area contributed by atoms with Gasteiger partial charge >= 0.3 is 6.03 Å². The van der Waals surface area contributed by atoms with Crippen molar-refractivity contribution in [3.8, 4) is 5.69 Å². The molecule has 1 aromatic carbocycles. The van der Waals surface area contributed by atoms with E-state index in [1.807, 2.05) is 49.6 Å². The molecule has 0 bridgehead atoms. The summed E-state index contributed by atoms with van der Waals surface area (Å²) < 4.78 is 2.01. The van der Waals surface area contributed by atoms with E-state index in [0.717, 1.165) is 46.9 Å². The van der Waals surface area contributed by atoms with Gasteiger partial charge in [0.25, 0.3) is 11.8 Å². The number of para-hydroxylation sites is 1. The van der Waals surface area contributed by atoms with E-state index in [1.54, 1.807) is 6.07 Å². The van der Waals surface area contributed by atoms with Gasteiger partial charge in [0.1, 0.15) is 5.54 Å². The van der Waals surface area contributed by atoms with Gasteiger partial charge in [-0.2, -0.15) is 5.01 Å². The summed E-state index contributed by atoms with van der Waals surface area (Å²) in [4.78, 5) is 38.3. The number of carbonyl (C=O) groups excluding carboxylic acids is 3. The van der Waals surface area contributed by atoms with Crippen LogP contribution in [0.2, 0.25) is 0 Å². The van der Waals surface area contributed by atoms with Gasteiger partial charge in [-0.3, -0.25) is 15.0 Å². The van der Waals surface area contributed by atoms with Crippen LogP contribution in [-0.2, 0) is 4.79 Å². The second-order valence-corrected chi connectivity index (χ2v) is 8.06. The Morgan fingerprint density at radius 1 is 1.07 bits per heavy atom. The van der Waals surface area contributed by atoms with Crippen LogP contribution in [0.1, 0.15) is 59.4 Å². The Kier molecular flexibility index (Phi) is 4.68. The zero-order valence-corrected chi connectivity index (χ0v) is 17.0. The molecule has 0 unspecified atom stereocenters. The van der Waals surface area contributed by atoms with Gasteiger partial charge < -0.3 is 9.88 Å². The molecule has 2 heterocycles.